The van der Waals surface area contributed by atoms with Crippen molar-refractivity contribution in [2.75, 3.05) is 5.32 Å². The summed E-state index contributed by atoms with van der Waals surface area (Å²) < 4.78 is 18.0. The number of nitrogens with one attached hydrogen (secondary N) is 2. The van der Waals surface area contributed by atoms with Crippen LogP contribution in [0.25, 0.3) is 0 Å². The minimum Gasteiger partial charge on any atom is -0.449 e. The van der Waals surface area contributed by atoms with Gasteiger partial charge in [0, 0.05) is 19.2 Å². The predicted molar refractivity (Wildman–Crippen MR) is 93.9 cm³/mol. The van der Waals surface area contributed by atoms with Gasteiger partial charge in [0.15, 0.2) is 6.10 Å². The van der Waals surface area contributed by atoms with Crippen molar-refractivity contribution in [2.24, 2.45) is 0 Å². The van der Waals surface area contributed by atoms with Crippen LogP contribution in [0.1, 0.15) is 29.8 Å². The lowest BCUT2D eigenvalue weighted by molar-refractivity contribution is -0.129. The number of hydrogen-bond acceptors (Lipinski definition) is 4. The molecule has 2 rings (SSSR count). The van der Waals surface area contributed by atoms with Crippen LogP contribution in [0.4, 0.5) is 10.1 Å². The molecule has 0 spiro atoms. The second-order valence-corrected chi connectivity index (χ2v) is 5.65. The zero-order valence-corrected chi connectivity index (χ0v) is 14.4. The highest BCUT2D eigenvalue weighted by molar-refractivity contribution is 5.95. The Labute approximate surface area is 150 Å². The van der Waals surface area contributed by atoms with E-state index in [9.17, 15) is 18.8 Å². The summed E-state index contributed by atoms with van der Waals surface area (Å²) >= 11 is 0. The molecule has 0 fully saturated rings. The maximum atomic E-state index is 12.8. The van der Waals surface area contributed by atoms with Crippen molar-refractivity contribution in [3.63, 3.8) is 0 Å². The third-order valence-corrected chi connectivity index (χ3v) is 3.45. The topological polar surface area (TPSA) is 84.5 Å². The van der Waals surface area contributed by atoms with E-state index in [0.29, 0.717) is 5.69 Å². The molecule has 2 aromatic carbocycles. The van der Waals surface area contributed by atoms with Gasteiger partial charge in [0.05, 0.1) is 5.56 Å². The highest BCUT2D eigenvalue weighted by Crippen LogP contribution is 2.12. The van der Waals surface area contributed by atoms with Crippen LogP contribution in [0.5, 0.6) is 0 Å². The maximum absolute atomic E-state index is 12.8. The Morgan fingerprint density at radius 3 is 2.46 bits per heavy atom. The van der Waals surface area contributed by atoms with Gasteiger partial charge in [-0.15, -0.1) is 0 Å². The first-order chi connectivity index (χ1) is 12.3. The second kappa shape index (κ2) is 8.75. The number of hydrogen-bond donors (Lipinski definition) is 2. The molecular formula is C19H19FN2O4. The molecule has 6 nitrogen and oxygen atoms in total. The van der Waals surface area contributed by atoms with Crippen molar-refractivity contribution in [1.29, 1.82) is 0 Å². The van der Waals surface area contributed by atoms with Crippen LogP contribution < -0.4 is 10.6 Å². The minimum absolute atomic E-state index is 0.193. The Morgan fingerprint density at radius 2 is 1.81 bits per heavy atom. The van der Waals surface area contributed by atoms with Crippen LogP contribution in [0.3, 0.4) is 0 Å². The van der Waals surface area contributed by atoms with E-state index in [1.54, 1.807) is 24.3 Å². The van der Waals surface area contributed by atoms with E-state index in [0.717, 1.165) is 5.56 Å². The average Bonchev–Trinajstić information content (AvgIpc) is 2.60. The van der Waals surface area contributed by atoms with Crippen LogP contribution in [0.2, 0.25) is 0 Å². The molecule has 1 unspecified atom stereocenters. The SMILES string of the molecule is CC(=O)Nc1cccc(C(=O)OC(C)C(=O)NCc2ccc(F)cc2)c1. The van der Waals surface area contributed by atoms with E-state index in [1.807, 2.05) is 0 Å². The van der Waals surface area contributed by atoms with E-state index in [-0.39, 0.29) is 23.8 Å². The third-order valence-electron chi connectivity index (χ3n) is 3.45. The fraction of sp³-hybridized carbons (Fsp3) is 0.211. The molecule has 0 saturated heterocycles. The summed E-state index contributed by atoms with van der Waals surface area (Å²) in [6.07, 6.45) is -1.01. The number of anilines is 1. The normalized spacial score (nSPS) is 11.3. The van der Waals surface area contributed by atoms with Crippen molar-refractivity contribution in [3.05, 3.63) is 65.5 Å². The first-order valence-electron chi connectivity index (χ1n) is 7.96. The van der Waals surface area contributed by atoms with Crippen molar-refractivity contribution in [3.8, 4) is 0 Å². The van der Waals surface area contributed by atoms with E-state index in [2.05, 4.69) is 10.6 Å². The lowest BCUT2D eigenvalue weighted by Crippen LogP contribution is -2.35. The molecule has 0 radical (unpaired) electrons. The zero-order chi connectivity index (χ0) is 19.1. The Kier molecular flexibility index (Phi) is 6.43. The average molecular weight is 358 g/mol. The lowest BCUT2D eigenvalue weighted by atomic mass is 10.2. The van der Waals surface area contributed by atoms with Crippen LogP contribution in [-0.4, -0.2) is 23.9 Å². The molecular weight excluding hydrogens is 339 g/mol. The van der Waals surface area contributed by atoms with E-state index >= 15 is 0 Å². The van der Waals surface area contributed by atoms with Gasteiger partial charge in [-0.25, -0.2) is 9.18 Å². The number of esters is 1. The molecule has 26 heavy (non-hydrogen) atoms. The summed E-state index contributed by atoms with van der Waals surface area (Å²) in [5.74, 6) is -1.77. The Morgan fingerprint density at radius 1 is 1.12 bits per heavy atom. The standard InChI is InChI=1S/C19H19FN2O4/c1-12(18(24)21-11-14-6-8-16(20)9-7-14)26-19(25)15-4-3-5-17(10-15)22-13(2)23/h3-10,12H,11H2,1-2H3,(H,21,24)(H,22,23). The molecule has 0 aliphatic heterocycles. The Bertz CT molecular complexity index is 805. The van der Waals surface area contributed by atoms with E-state index in [4.69, 9.17) is 4.74 Å². The number of halogens is 1. The molecule has 0 aromatic heterocycles. The summed E-state index contributed by atoms with van der Waals surface area (Å²) in [5, 5.41) is 5.18. The smallest absolute Gasteiger partial charge is 0.338 e. The summed E-state index contributed by atoms with van der Waals surface area (Å²) in [5.41, 5.74) is 1.40. The molecule has 0 saturated carbocycles. The second-order valence-electron chi connectivity index (χ2n) is 5.65. The number of rotatable bonds is 6. The third kappa shape index (κ3) is 5.70. The van der Waals surface area contributed by atoms with Crippen LogP contribution in [-0.2, 0) is 20.9 Å². The van der Waals surface area contributed by atoms with Gasteiger partial charge in [0.25, 0.3) is 5.91 Å². The summed E-state index contributed by atoms with van der Waals surface area (Å²) in [4.78, 5) is 35.3. The molecule has 2 N–H and O–H groups in total. The van der Waals surface area contributed by atoms with Crippen LogP contribution >= 0.6 is 0 Å². The first kappa shape index (κ1) is 19.1. The van der Waals surface area contributed by atoms with Gasteiger partial charge >= 0.3 is 5.97 Å². The molecule has 0 heterocycles. The highest BCUT2D eigenvalue weighted by Gasteiger charge is 2.19. The Balaban J connectivity index is 1.90. The maximum Gasteiger partial charge on any atom is 0.338 e. The fourth-order valence-electron chi connectivity index (χ4n) is 2.14. The largest absolute Gasteiger partial charge is 0.449 e. The van der Waals surface area contributed by atoms with Gasteiger partial charge in [-0.3, -0.25) is 9.59 Å². The molecule has 0 aliphatic carbocycles. The van der Waals surface area contributed by atoms with Crippen LogP contribution in [0.15, 0.2) is 48.5 Å². The summed E-state index contributed by atoms with van der Waals surface area (Å²) in [6.45, 7) is 3.01. The fourth-order valence-corrected chi connectivity index (χ4v) is 2.14. The highest BCUT2D eigenvalue weighted by atomic mass is 19.1. The van der Waals surface area contributed by atoms with Gasteiger partial charge in [0.1, 0.15) is 5.82 Å². The van der Waals surface area contributed by atoms with E-state index < -0.39 is 18.0 Å². The lowest BCUT2D eigenvalue weighted by Gasteiger charge is -2.14. The van der Waals surface area contributed by atoms with E-state index in [1.165, 1.54) is 38.1 Å². The molecule has 0 bridgehead atoms. The molecule has 136 valence electrons. The molecule has 2 amide bonds. The quantitative estimate of drug-likeness (QED) is 0.778. The number of carbonyl (C=O) groups excluding carboxylic acids is 3. The molecule has 0 aliphatic rings. The number of benzene rings is 2. The summed E-state index contributed by atoms with van der Waals surface area (Å²) in [6, 6.07) is 11.9. The van der Waals surface area contributed by atoms with Crippen molar-refractivity contribution in [1.82, 2.24) is 5.32 Å². The number of ether oxygens (including phenoxy) is 1. The first-order valence-corrected chi connectivity index (χ1v) is 7.96. The Hall–Kier alpha value is -3.22. The minimum atomic E-state index is -1.01. The monoisotopic (exact) mass is 358 g/mol. The van der Waals surface area contributed by atoms with Crippen molar-refractivity contribution in [2.45, 2.75) is 26.5 Å². The zero-order valence-electron chi connectivity index (χ0n) is 14.4. The van der Waals surface area contributed by atoms with Crippen molar-refractivity contribution >= 4 is 23.5 Å². The molecule has 7 heteroatoms. The van der Waals surface area contributed by atoms with Gasteiger partial charge < -0.3 is 15.4 Å². The molecule has 2 aromatic rings. The molecule has 1 atom stereocenters. The number of amides is 2. The van der Waals surface area contributed by atoms with Gasteiger partial charge in [-0.2, -0.15) is 0 Å². The number of carbonyl (C=O) groups is 3. The predicted octanol–water partition coefficient (Wildman–Crippen LogP) is 2.65. The van der Waals surface area contributed by atoms with Gasteiger partial charge in [-0.1, -0.05) is 18.2 Å². The van der Waals surface area contributed by atoms with Gasteiger partial charge in [-0.05, 0) is 42.8 Å². The van der Waals surface area contributed by atoms with Crippen molar-refractivity contribution < 1.29 is 23.5 Å². The van der Waals surface area contributed by atoms with Crippen LogP contribution in [0, 0.1) is 5.82 Å². The summed E-state index contributed by atoms with van der Waals surface area (Å²) in [7, 11) is 0. The van der Waals surface area contributed by atoms with Gasteiger partial charge in [0.2, 0.25) is 5.91 Å².